The predicted octanol–water partition coefficient (Wildman–Crippen LogP) is 2.35. The molecular formula is C17H16FNO3. The summed E-state index contributed by atoms with van der Waals surface area (Å²) in [6, 6.07) is 11.5. The highest BCUT2D eigenvalue weighted by Gasteiger charge is 2.26. The van der Waals surface area contributed by atoms with Crippen LogP contribution in [0.5, 0.6) is 5.75 Å². The van der Waals surface area contributed by atoms with Gasteiger partial charge in [-0.15, -0.1) is 0 Å². The Morgan fingerprint density at radius 1 is 1.23 bits per heavy atom. The summed E-state index contributed by atoms with van der Waals surface area (Å²) in [6.07, 6.45) is 0. The first-order valence-corrected chi connectivity index (χ1v) is 7.07. The number of ether oxygens (including phenoxy) is 1. The molecule has 22 heavy (non-hydrogen) atoms. The summed E-state index contributed by atoms with van der Waals surface area (Å²) in [6.45, 7) is 1.02. The van der Waals surface area contributed by atoms with Gasteiger partial charge in [-0.05, 0) is 41.5 Å². The van der Waals surface area contributed by atoms with E-state index in [1.54, 1.807) is 29.2 Å². The Labute approximate surface area is 127 Å². The third-order valence-electron chi connectivity index (χ3n) is 3.62. The van der Waals surface area contributed by atoms with Crippen LogP contribution in [0.15, 0.2) is 42.5 Å². The van der Waals surface area contributed by atoms with Gasteiger partial charge in [0.2, 0.25) is 0 Å². The minimum atomic E-state index is -0.291. The maximum absolute atomic E-state index is 13.1. The third-order valence-corrected chi connectivity index (χ3v) is 3.62. The Morgan fingerprint density at radius 2 is 2.09 bits per heavy atom. The molecule has 1 amide bonds. The number of carbonyl (C=O) groups excluding carboxylic acids is 1. The number of hydrogen-bond acceptors (Lipinski definition) is 3. The van der Waals surface area contributed by atoms with E-state index in [2.05, 4.69) is 0 Å². The largest absolute Gasteiger partial charge is 0.489 e. The molecule has 0 aliphatic carbocycles. The summed E-state index contributed by atoms with van der Waals surface area (Å²) in [5.74, 6) is 0.280. The fraction of sp³-hybridized carbons (Fsp3) is 0.235. The number of hydrogen-bond donors (Lipinski definition) is 1. The molecule has 1 N–H and O–H groups in total. The predicted molar refractivity (Wildman–Crippen MR) is 79.0 cm³/mol. The van der Waals surface area contributed by atoms with Crippen molar-refractivity contribution < 1.29 is 19.0 Å². The van der Waals surface area contributed by atoms with Crippen molar-refractivity contribution >= 4 is 5.91 Å². The molecule has 2 aromatic rings. The number of fused-ring (bicyclic) bond motifs is 1. The van der Waals surface area contributed by atoms with E-state index in [-0.39, 0.29) is 24.9 Å². The number of β-amino-alcohol motifs (C(OH)–C–C–N with tert-alkyl or cyclic N) is 1. The lowest BCUT2D eigenvalue weighted by molar-refractivity contribution is 0.0745. The van der Waals surface area contributed by atoms with Crippen molar-refractivity contribution in [3.05, 3.63) is 65.0 Å². The number of nitrogens with zero attached hydrogens (tertiary/aromatic N) is 1. The highest BCUT2D eigenvalue weighted by atomic mass is 19.1. The van der Waals surface area contributed by atoms with E-state index in [0.717, 1.165) is 11.1 Å². The Balaban J connectivity index is 1.70. The van der Waals surface area contributed by atoms with Crippen LogP contribution in [0.2, 0.25) is 0 Å². The fourth-order valence-electron chi connectivity index (χ4n) is 2.54. The van der Waals surface area contributed by atoms with Gasteiger partial charge in [0.05, 0.1) is 6.61 Å². The maximum Gasteiger partial charge on any atom is 0.254 e. The molecule has 0 saturated carbocycles. The van der Waals surface area contributed by atoms with Crippen LogP contribution in [0.25, 0.3) is 0 Å². The summed E-state index contributed by atoms with van der Waals surface area (Å²) in [5.41, 5.74) is 2.28. The second-order valence-electron chi connectivity index (χ2n) is 5.19. The first-order chi connectivity index (χ1) is 10.7. The molecule has 114 valence electrons. The van der Waals surface area contributed by atoms with E-state index in [1.807, 2.05) is 6.07 Å². The second-order valence-corrected chi connectivity index (χ2v) is 5.19. The Kier molecular flexibility index (Phi) is 4.06. The number of amides is 1. The third kappa shape index (κ3) is 2.94. The van der Waals surface area contributed by atoms with Gasteiger partial charge in [0.15, 0.2) is 0 Å². The van der Waals surface area contributed by atoms with E-state index in [4.69, 9.17) is 9.84 Å². The fourth-order valence-corrected chi connectivity index (χ4v) is 2.54. The molecule has 2 aromatic carbocycles. The molecule has 0 saturated heterocycles. The molecule has 3 rings (SSSR count). The van der Waals surface area contributed by atoms with Crippen LogP contribution in [0.3, 0.4) is 0 Å². The molecule has 0 radical (unpaired) electrons. The van der Waals surface area contributed by atoms with E-state index in [1.165, 1.54) is 12.1 Å². The van der Waals surface area contributed by atoms with Gasteiger partial charge in [-0.1, -0.05) is 12.1 Å². The molecule has 1 heterocycles. The molecule has 0 spiro atoms. The van der Waals surface area contributed by atoms with Crippen molar-refractivity contribution in [3.63, 3.8) is 0 Å². The lowest BCUT2D eigenvalue weighted by Crippen LogP contribution is -2.26. The van der Waals surface area contributed by atoms with Gasteiger partial charge in [0.1, 0.15) is 18.2 Å². The molecule has 0 unspecified atom stereocenters. The minimum absolute atomic E-state index is 0.0529. The SMILES string of the molecule is O=C1c2ccc(OCc3cccc(F)c3)cc2CN1CCO. The van der Waals surface area contributed by atoms with Crippen molar-refractivity contribution in [2.75, 3.05) is 13.2 Å². The van der Waals surface area contributed by atoms with Gasteiger partial charge in [-0.25, -0.2) is 4.39 Å². The van der Waals surface area contributed by atoms with Gasteiger partial charge in [0.25, 0.3) is 5.91 Å². The van der Waals surface area contributed by atoms with Crippen molar-refractivity contribution in [3.8, 4) is 5.75 Å². The number of aliphatic hydroxyl groups is 1. The van der Waals surface area contributed by atoms with Crippen LogP contribution in [-0.4, -0.2) is 29.1 Å². The molecule has 1 aliphatic heterocycles. The Morgan fingerprint density at radius 3 is 2.86 bits per heavy atom. The average molecular weight is 301 g/mol. The monoisotopic (exact) mass is 301 g/mol. The highest BCUT2D eigenvalue weighted by molar-refractivity contribution is 5.98. The van der Waals surface area contributed by atoms with Gasteiger partial charge in [0, 0.05) is 18.7 Å². The van der Waals surface area contributed by atoms with Crippen molar-refractivity contribution in [2.45, 2.75) is 13.2 Å². The van der Waals surface area contributed by atoms with E-state index in [9.17, 15) is 9.18 Å². The van der Waals surface area contributed by atoms with Crippen molar-refractivity contribution in [1.29, 1.82) is 0 Å². The smallest absolute Gasteiger partial charge is 0.254 e. The van der Waals surface area contributed by atoms with E-state index >= 15 is 0 Å². The summed E-state index contributed by atoms with van der Waals surface area (Å²) >= 11 is 0. The molecular weight excluding hydrogens is 285 g/mol. The molecule has 0 atom stereocenters. The highest BCUT2D eigenvalue weighted by Crippen LogP contribution is 2.27. The second kappa shape index (κ2) is 6.15. The van der Waals surface area contributed by atoms with Crippen LogP contribution in [0.1, 0.15) is 21.5 Å². The molecule has 0 aromatic heterocycles. The van der Waals surface area contributed by atoms with Crippen LogP contribution < -0.4 is 4.74 Å². The number of rotatable bonds is 5. The first-order valence-electron chi connectivity index (χ1n) is 7.07. The summed E-state index contributed by atoms with van der Waals surface area (Å²) in [4.78, 5) is 13.6. The topological polar surface area (TPSA) is 49.8 Å². The lowest BCUT2D eigenvalue weighted by atomic mass is 10.1. The standard InChI is InChI=1S/C17H16FNO3/c18-14-3-1-2-12(8-14)11-22-15-4-5-16-13(9-15)10-19(6-7-20)17(16)21/h1-5,8-9,20H,6-7,10-11H2. The van der Waals surface area contributed by atoms with Crippen LogP contribution >= 0.6 is 0 Å². The molecule has 1 aliphatic rings. The van der Waals surface area contributed by atoms with Gasteiger partial charge >= 0.3 is 0 Å². The van der Waals surface area contributed by atoms with Gasteiger partial charge in [-0.3, -0.25) is 4.79 Å². The summed E-state index contributed by atoms with van der Waals surface area (Å²) in [5, 5.41) is 8.96. The molecule has 5 heteroatoms. The maximum atomic E-state index is 13.1. The first kappa shape index (κ1) is 14.5. The van der Waals surface area contributed by atoms with Crippen molar-refractivity contribution in [2.24, 2.45) is 0 Å². The Hall–Kier alpha value is -2.40. The van der Waals surface area contributed by atoms with Crippen LogP contribution in [0.4, 0.5) is 4.39 Å². The number of benzene rings is 2. The normalized spacial score (nSPS) is 13.4. The number of carbonyl (C=O) groups is 1. The summed E-state index contributed by atoms with van der Waals surface area (Å²) < 4.78 is 18.8. The molecule has 0 bridgehead atoms. The van der Waals surface area contributed by atoms with Gasteiger partial charge in [-0.2, -0.15) is 0 Å². The zero-order valence-electron chi connectivity index (χ0n) is 12.0. The summed E-state index contributed by atoms with van der Waals surface area (Å²) in [7, 11) is 0. The number of aliphatic hydroxyl groups excluding tert-OH is 1. The molecule has 0 fully saturated rings. The zero-order valence-corrected chi connectivity index (χ0v) is 12.0. The zero-order chi connectivity index (χ0) is 15.5. The van der Waals surface area contributed by atoms with Crippen molar-refractivity contribution in [1.82, 2.24) is 4.90 Å². The molecule has 4 nitrogen and oxygen atoms in total. The van der Waals surface area contributed by atoms with Gasteiger partial charge < -0.3 is 14.7 Å². The van der Waals surface area contributed by atoms with E-state index < -0.39 is 0 Å². The number of halogens is 1. The lowest BCUT2D eigenvalue weighted by Gasteiger charge is -2.12. The van der Waals surface area contributed by atoms with Crippen LogP contribution in [0, 0.1) is 5.82 Å². The minimum Gasteiger partial charge on any atom is -0.489 e. The quantitative estimate of drug-likeness (QED) is 0.922. The Bertz CT molecular complexity index is 702. The van der Waals surface area contributed by atoms with E-state index in [0.29, 0.717) is 24.4 Å². The average Bonchev–Trinajstić information content (AvgIpc) is 2.82. The van der Waals surface area contributed by atoms with Crippen LogP contribution in [-0.2, 0) is 13.2 Å².